The zero-order valence-corrected chi connectivity index (χ0v) is 13.6. The van der Waals surface area contributed by atoms with E-state index in [4.69, 9.17) is 4.42 Å². The monoisotopic (exact) mass is 338 g/mol. The predicted molar refractivity (Wildman–Crippen MR) is 91.5 cm³/mol. The molecule has 2 heterocycles. The number of nitrogens with one attached hydrogen (secondary N) is 2. The summed E-state index contributed by atoms with van der Waals surface area (Å²) in [6.07, 6.45) is 4.74. The molecule has 128 valence electrons. The Morgan fingerprint density at radius 1 is 1.32 bits per heavy atom. The smallest absolute Gasteiger partial charge is 0.263 e. The number of aryl methyl sites for hydroxylation is 1. The third-order valence-corrected chi connectivity index (χ3v) is 4.22. The van der Waals surface area contributed by atoms with E-state index in [0.717, 1.165) is 23.9 Å². The average molecular weight is 338 g/mol. The molecule has 0 radical (unpaired) electrons. The van der Waals surface area contributed by atoms with Crippen molar-refractivity contribution in [3.05, 3.63) is 58.1 Å². The highest BCUT2D eigenvalue weighted by Crippen LogP contribution is 2.37. The van der Waals surface area contributed by atoms with Crippen molar-refractivity contribution >= 4 is 17.0 Å². The van der Waals surface area contributed by atoms with Crippen LogP contribution < -0.4 is 10.9 Å². The van der Waals surface area contributed by atoms with E-state index in [1.54, 1.807) is 0 Å². The lowest BCUT2D eigenvalue weighted by molar-refractivity contribution is 0.0951. The first kappa shape index (κ1) is 15.6. The topological polar surface area (TPSA) is 101 Å². The first-order chi connectivity index (χ1) is 12.2. The second-order valence-electron chi connectivity index (χ2n) is 6.22. The number of hydrogen-bond acceptors (Lipinski definition) is 5. The van der Waals surface area contributed by atoms with Crippen LogP contribution in [0.15, 0.2) is 39.7 Å². The van der Waals surface area contributed by atoms with Gasteiger partial charge in [-0.2, -0.15) is 0 Å². The van der Waals surface area contributed by atoms with Crippen LogP contribution in [0.3, 0.4) is 0 Å². The number of carbonyl (C=O) groups excluding carboxylic acids is 1. The molecule has 3 aromatic rings. The third-order valence-electron chi connectivity index (χ3n) is 4.22. The lowest BCUT2D eigenvalue weighted by Crippen LogP contribution is -2.31. The highest BCUT2D eigenvalue weighted by Gasteiger charge is 2.26. The minimum absolute atomic E-state index is 0.0475. The van der Waals surface area contributed by atoms with Crippen molar-refractivity contribution < 1.29 is 9.21 Å². The van der Waals surface area contributed by atoms with Crippen LogP contribution in [0.2, 0.25) is 0 Å². The summed E-state index contributed by atoms with van der Waals surface area (Å²) in [5.41, 5.74) is 1.25. The van der Waals surface area contributed by atoms with Crippen molar-refractivity contribution in [1.82, 2.24) is 20.3 Å². The first-order valence-corrected chi connectivity index (χ1v) is 8.42. The van der Waals surface area contributed by atoms with Crippen LogP contribution in [0.5, 0.6) is 0 Å². The molecule has 0 atom stereocenters. The molecule has 0 saturated heterocycles. The van der Waals surface area contributed by atoms with Crippen molar-refractivity contribution in [3.63, 3.8) is 0 Å². The molecule has 0 spiro atoms. The van der Waals surface area contributed by atoms with E-state index in [-0.39, 0.29) is 11.1 Å². The second kappa shape index (κ2) is 6.51. The van der Waals surface area contributed by atoms with E-state index in [2.05, 4.69) is 20.3 Å². The van der Waals surface area contributed by atoms with Crippen LogP contribution >= 0.6 is 0 Å². The van der Waals surface area contributed by atoms with Gasteiger partial charge in [-0.1, -0.05) is 12.1 Å². The van der Waals surface area contributed by atoms with Gasteiger partial charge in [0, 0.05) is 25.1 Å². The maximum atomic E-state index is 12.1. The summed E-state index contributed by atoms with van der Waals surface area (Å²) in [7, 11) is 0. The molecule has 2 N–H and O–H groups in total. The predicted octanol–water partition coefficient (Wildman–Crippen LogP) is 2.15. The number of amides is 1. The Balaban J connectivity index is 1.30. The number of aromatic amines is 1. The molecule has 0 unspecified atom stereocenters. The number of nitrogens with zero attached hydrogens (tertiary/aromatic N) is 2. The number of aromatic nitrogens is 3. The molecule has 1 aliphatic carbocycles. The van der Waals surface area contributed by atoms with Gasteiger partial charge >= 0.3 is 0 Å². The number of fused-ring (bicyclic) bond motifs is 1. The molecule has 0 aliphatic heterocycles. The quantitative estimate of drug-likeness (QED) is 0.671. The van der Waals surface area contributed by atoms with Crippen LogP contribution in [0, 0.1) is 0 Å². The second-order valence-corrected chi connectivity index (χ2v) is 6.22. The Morgan fingerprint density at radius 2 is 2.16 bits per heavy atom. The molecule has 7 heteroatoms. The van der Waals surface area contributed by atoms with Gasteiger partial charge in [0.1, 0.15) is 16.9 Å². The van der Waals surface area contributed by atoms with Gasteiger partial charge < -0.3 is 14.7 Å². The molecule has 1 fully saturated rings. The average Bonchev–Trinajstić information content (AvgIpc) is 3.38. The summed E-state index contributed by atoms with van der Waals surface area (Å²) in [4.78, 5) is 35.4. The summed E-state index contributed by atoms with van der Waals surface area (Å²) in [6.45, 7) is 0.432. The van der Waals surface area contributed by atoms with Crippen LogP contribution in [0.25, 0.3) is 11.1 Å². The third kappa shape index (κ3) is 3.45. The Hall–Kier alpha value is -2.96. The molecule has 7 nitrogen and oxygen atoms in total. The fraction of sp³-hybridized carbons (Fsp3) is 0.333. The SMILES string of the molecule is O=C(NCCCc1nc2ccccc2o1)c1cnc(C2CC2)[nH]c1=O. The summed E-state index contributed by atoms with van der Waals surface area (Å²) >= 11 is 0. The van der Waals surface area contributed by atoms with E-state index in [9.17, 15) is 9.59 Å². The van der Waals surface area contributed by atoms with Gasteiger partial charge in [0.2, 0.25) is 0 Å². The fourth-order valence-corrected chi connectivity index (χ4v) is 2.70. The van der Waals surface area contributed by atoms with Crippen molar-refractivity contribution in [2.45, 2.75) is 31.6 Å². The molecule has 1 saturated carbocycles. The lowest BCUT2D eigenvalue weighted by Gasteiger charge is -2.04. The van der Waals surface area contributed by atoms with Gasteiger partial charge in [-0.15, -0.1) is 0 Å². The summed E-state index contributed by atoms with van der Waals surface area (Å²) in [6, 6.07) is 7.58. The molecule has 25 heavy (non-hydrogen) atoms. The summed E-state index contributed by atoms with van der Waals surface area (Å²) < 4.78 is 5.63. The number of oxazole rings is 1. The number of H-pyrrole nitrogens is 1. The van der Waals surface area contributed by atoms with E-state index < -0.39 is 5.91 Å². The Kier molecular flexibility index (Phi) is 4.05. The lowest BCUT2D eigenvalue weighted by atomic mass is 10.2. The fourth-order valence-electron chi connectivity index (χ4n) is 2.70. The normalized spacial score (nSPS) is 13.9. The van der Waals surface area contributed by atoms with Gasteiger partial charge in [0.05, 0.1) is 0 Å². The van der Waals surface area contributed by atoms with E-state index in [1.165, 1.54) is 6.20 Å². The number of carbonyl (C=O) groups is 1. The summed E-state index contributed by atoms with van der Waals surface area (Å²) in [5.74, 6) is 1.26. The largest absolute Gasteiger partial charge is 0.441 e. The minimum atomic E-state index is -0.409. The zero-order valence-electron chi connectivity index (χ0n) is 13.6. The zero-order chi connectivity index (χ0) is 17.2. The maximum Gasteiger partial charge on any atom is 0.263 e. The van der Waals surface area contributed by atoms with Crippen LogP contribution in [0.4, 0.5) is 0 Å². The maximum absolute atomic E-state index is 12.1. The standard InChI is InChI=1S/C18H18N4O3/c23-17(12-10-20-16(11-7-8-11)22-18(12)24)19-9-3-6-15-21-13-4-1-2-5-14(13)25-15/h1-2,4-5,10-11H,3,6-9H2,(H,19,23)(H,20,22,24). The van der Waals surface area contributed by atoms with Crippen LogP contribution in [-0.2, 0) is 6.42 Å². The van der Waals surface area contributed by atoms with Gasteiger partial charge in [-0.3, -0.25) is 9.59 Å². The number of para-hydroxylation sites is 2. The highest BCUT2D eigenvalue weighted by atomic mass is 16.3. The highest BCUT2D eigenvalue weighted by molar-refractivity contribution is 5.93. The first-order valence-electron chi connectivity index (χ1n) is 8.42. The van der Waals surface area contributed by atoms with Crippen molar-refractivity contribution in [2.75, 3.05) is 6.54 Å². The Morgan fingerprint density at radius 3 is 2.92 bits per heavy atom. The molecule has 1 amide bonds. The molecule has 0 bridgehead atoms. The van der Waals surface area contributed by atoms with Crippen LogP contribution in [-0.4, -0.2) is 27.4 Å². The van der Waals surface area contributed by atoms with Crippen molar-refractivity contribution in [1.29, 1.82) is 0 Å². The number of hydrogen-bond donors (Lipinski definition) is 2. The Labute approximate surface area is 143 Å². The van der Waals surface area contributed by atoms with E-state index in [1.807, 2.05) is 24.3 Å². The number of benzene rings is 1. The van der Waals surface area contributed by atoms with E-state index in [0.29, 0.717) is 37.0 Å². The Bertz CT molecular complexity index is 939. The van der Waals surface area contributed by atoms with Gasteiger partial charge in [0.15, 0.2) is 11.5 Å². The van der Waals surface area contributed by atoms with E-state index >= 15 is 0 Å². The molecule has 1 aliphatic rings. The molecule has 4 rings (SSSR count). The van der Waals surface area contributed by atoms with Gasteiger partial charge in [0.25, 0.3) is 11.5 Å². The number of rotatable bonds is 6. The molecule has 2 aromatic heterocycles. The van der Waals surface area contributed by atoms with Crippen molar-refractivity contribution in [2.24, 2.45) is 0 Å². The molecular formula is C18H18N4O3. The summed E-state index contributed by atoms with van der Waals surface area (Å²) in [5, 5.41) is 2.74. The van der Waals surface area contributed by atoms with Gasteiger partial charge in [-0.25, -0.2) is 9.97 Å². The van der Waals surface area contributed by atoms with Crippen molar-refractivity contribution in [3.8, 4) is 0 Å². The van der Waals surface area contributed by atoms with Crippen LogP contribution in [0.1, 0.15) is 47.3 Å². The van der Waals surface area contributed by atoms with Gasteiger partial charge in [-0.05, 0) is 31.4 Å². The molecule has 1 aromatic carbocycles. The molecular weight excluding hydrogens is 320 g/mol. The minimum Gasteiger partial charge on any atom is -0.441 e.